The Kier molecular flexibility index (Phi) is 3.74. The van der Waals surface area contributed by atoms with E-state index >= 15 is 0 Å². The van der Waals surface area contributed by atoms with Crippen molar-refractivity contribution in [1.29, 1.82) is 0 Å². The zero-order valence-electron chi connectivity index (χ0n) is 8.40. The van der Waals surface area contributed by atoms with Crippen LogP contribution in [0.3, 0.4) is 0 Å². The fourth-order valence-corrected chi connectivity index (χ4v) is 6.21. The van der Waals surface area contributed by atoms with Crippen LogP contribution in [-0.4, -0.2) is 22.0 Å². The maximum absolute atomic E-state index is 5.83. The molecular weight excluding hydrogens is 168 g/mol. The van der Waals surface area contributed by atoms with Crippen molar-refractivity contribution in [3.63, 3.8) is 0 Å². The molecule has 66 valence electrons. The molecule has 0 radical (unpaired) electrons. The molecule has 0 heterocycles. The van der Waals surface area contributed by atoms with Crippen LogP contribution >= 0.6 is 0 Å². The Hall–Kier alpha value is 0.134. The Morgan fingerprint density at radius 1 is 1.27 bits per heavy atom. The van der Waals surface area contributed by atoms with Gasteiger partial charge in [-0.05, 0) is 13.5 Å². The van der Waals surface area contributed by atoms with Gasteiger partial charge in [-0.1, -0.05) is 25.3 Å². The summed E-state index contributed by atoms with van der Waals surface area (Å²) in [5.74, 6) is 0. The standard InChI is InChI=1S/C8H20OSi2/c1-7-9-11(6,8-2)10(3,4)5/h8H,2,7H2,1,3-6H3. The Labute approximate surface area is 72.4 Å². The number of hydrogen-bond acceptors (Lipinski definition) is 1. The summed E-state index contributed by atoms with van der Waals surface area (Å²) < 4.78 is 5.83. The van der Waals surface area contributed by atoms with Gasteiger partial charge < -0.3 is 4.43 Å². The molecule has 1 nitrogen and oxygen atoms in total. The van der Waals surface area contributed by atoms with Gasteiger partial charge in [0.1, 0.15) is 0 Å². The first kappa shape index (κ1) is 11.1. The molecule has 0 aromatic carbocycles. The van der Waals surface area contributed by atoms with Gasteiger partial charge in [0.05, 0.1) is 7.59 Å². The average Bonchev–Trinajstić information content (AvgIpc) is 1.86. The first-order valence-corrected chi connectivity index (χ1v) is 11.1. The lowest BCUT2D eigenvalue weighted by Crippen LogP contribution is -2.56. The molecule has 0 amide bonds. The molecule has 11 heavy (non-hydrogen) atoms. The normalized spacial score (nSPS) is 17.5. The lowest BCUT2D eigenvalue weighted by Gasteiger charge is -2.34. The number of rotatable bonds is 4. The van der Waals surface area contributed by atoms with Crippen LogP contribution < -0.4 is 0 Å². The summed E-state index contributed by atoms with van der Waals surface area (Å²) in [7, 11) is -2.66. The maximum atomic E-state index is 5.83. The minimum Gasteiger partial charge on any atom is -0.416 e. The summed E-state index contributed by atoms with van der Waals surface area (Å²) in [6.45, 7) is 16.1. The molecule has 0 rings (SSSR count). The predicted octanol–water partition coefficient (Wildman–Crippen LogP) is 2.74. The Bertz CT molecular complexity index is 140. The van der Waals surface area contributed by atoms with Gasteiger partial charge in [-0.2, -0.15) is 0 Å². The van der Waals surface area contributed by atoms with Crippen LogP contribution in [0.4, 0.5) is 0 Å². The van der Waals surface area contributed by atoms with Crippen LogP contribution in [0.1, 0.15) is 6.92 Å². The molecule has 0 saturated carbocycles. The molecular formula is C8H20OSi2. The van der Waals surface area contributed by atoms with Gasteiger partial charge in [0.15, 0.2) is 7.83 Å². The van der Waals surface area contributed by atoms with E-state index in [1.54, 1.807) is 0 Å². The molecule has 1 unspecified atom stereocenters. The summed E-state index contributed by atoms with van der Waals surface area (Å²) in [5.41, 5.74) is 2.09. The van der Waals surface area contributed by atoms with Gasteiger partial charge in [0.25, 0.3) is 0 Å². The molecule has 0 aliphatic rings. The second-order valence-corrected chi connectivity index (χ2v) is 18.9. The van der Waals surface area contributed by atoms with E-state index < -0.39 is 15.4 Å². The Morgan fingerprint density at radius 3 is 1.82 bits per heavy atom. The SMILES string of the molecule is C=C[Si](C)(OCC)[Si](C)(C)C. The van der Waals surface area contributed by atoms with Gasteiger partial charge in [-0.3, -0.25) is 0 Å². The molecule has 0 spiro atoms. The van der Waals surface area contributed by atoms with Crippen LogP contribution in [0.15, 0.2) is 12.3 Å². The highest BCUT2D eigenvalue weighted by molar-refractivity contribution is 7.40. The van der Waals surface area contributed by atoms with E-state index in [4.69, 9.17) is 4.43 Å². The smallest absolute Gasteiger partial charge is 0.199 e. The Morgan fingerprint density at radius 2 is 1.73 bits per heavy atom. The molecule has 0 saturated heterocycles. The third kappa shape index (κ3) is 2.58. The van der Waals surface area contributed by atoms with E-state index in [-0.39, 0.29) is 0 Å². The molecule has 0 aromatic rings. The summed E-state index contributed by atoms with van der Waals surface area (Å²) in [4.78, 5) is 0. The summed E-state index contributed by atoms with van der Waals surface area (Å²) in [6, 6.07) is 0. The largest absolute Gasteiger partial charge is 0.416 e. The molecule has 0 aliphatic carbocycles. The van der Waals surface area contributed by atoms with Crippen LogP contribution in [0, 0.1) is 0 Å². The highest BCUT2D eigenvalue weighted by Gasteiger charge is 2.40. The van der Waals surface area contributed by atoms with Gasteiger partial charge in [-0.25, -0.2) is 0 Å². The lowest BCUT2D eigenvalue weighted by molar-refractivity contribution is 0.345. The quantitative estimate of drug-likeness (QED) is 0.617. The second kappa shape index (κ2) is 3.69. The third-order valence-electron chi connectivity index (χ3n) is 2.32. The van der Waals surface area contributed by atoms with Crippen LogP contribution in [0.25, 0.3) is 0 Å². The minimum atomic E-state index is -1.52. The molecule has 0 aromatic heterocycles. The van der Waals surface area contributed by atoms with Gasteiger partial charge in [0.2, 0.25) is 0 Å². The van der Waals surface area contributed by atoms with Crippen molar-refractivity contribution in [3.05, 3.63) is 12.3 Å². The van der Waals surface area contributed by atoms with Gasteiger partial charge in [-0.15, -0.1) is 6.58 Å². The van der Waals surface area contributed by atoms with Crippen molar-refractivity contribution in [2.75, 3.05) is 6.61 Å². The van der Waals surface area contributed by atoms with Crippen molar-refractivity contribution >= 4 is 15.4 Å². The van der Waals surface area contributed by atoms with Crippen molar-refractivity contribution in [2.24, 2.45) is 0 Å². The van der Waals surface area contributed by atoms with Crippen molar-refractivity contribution in [3.8, 4) is 0 Å². The van der Waals surface area contributed by atoms with E-state index in [2.05, 4.69) is 45.4 Å². The zero-order chi connectivity index (χ0) is 9.12. The first-order valence-electron chi connectivity index (χ1n) is 4.15. The summed E-state index contributed by atoms with van der Waals surface area (Å²) in [5, 5.41) is 0. The van der Waals surface area contributed by atoms with Crippen LogP contribution in [-0.2, 0) is 4.43 Å². The average molecular weight is 188 g/mol. The molecule has 3 heteroatoms. The zero-order valence-corrected chi connectivity index (χ0v) is 10.4. The van der Waals surface area contributed by atoms with Crippen molar-refractivity contribution in [2.45, 2.75) is 33.1 Å². The van der Waals surface area contributed by atoms with E-state index in [1.807, 2.05) is 0 Å². The molecule has 0 bridgehead atoms. The fraction of sp³-hybridized carbons (Fsp3) is 0.750. The molecule has 0 N–H and O–H groups in total. The minimum absolute atomic E-state index is 0.832. The molecule has 0 fully saturated rings. The van der Waals surface area contributed by atoms with E-state index in [9.17, 15) is 0 Å². The third-order valence-corrected chi connectivity index (χ3v) is 16.9. The fourth-order valence-electron chi connectivity index (χ4n) is 0.881. The first-order chi connectivity index (χ1) is 4.87. The molecule has 0 aliphatic heterocycles. The topological polar surface area (TPSA) is 9.23 Å². The van der Waals surface area contributed by atoms with Crippen molar-refractivity contribution < 1.29 is 4.43 Å². The number of hydrogen-bond donors (Lipinski definition) is 0. The van der Waals surface area contributed by atoms with Crippen LogP contribution in [0.2, 0.25) is 26.2 Å². The van der Waals surface area contributed by atoms with Gasteiger partial charge in [0, 0.05) is 6.61 Å². The lowest BCUT2D eigenvalue weighted by atomic mass is 10.9. The van der Waals surface area contributed by atoms with E-state index in [1.165, 1.54) is 0 Å². The van der Waals surface area contributed by atoms with Crippen LogP contribution in [0.5, 0.6) is 0 Å². The monoisotopic (exact) mass is 188 g/mol. The van der Waals surface area contributed by atoms with Crippen molar-refractivity contribution in [1.82, 2.24) is 0 Å². The highest BCUT2D eigenvalue weighted by atomic mass is 29.3. The van der Waals surface area contributed by atoms with E-state index in [0.717, 1.165) is 6.61 Å². The Balaban J connectivity index is 4.46. The van der Waals surface area contributed by atoms with E-state index in [0.29, 0.717) is 0 Å². The molecule has 1 atom stereocenters. The maximum Gasteiger partial charge on any atom is 0.199 e. The summed E-state index contributed by atoms with van der Waals surface area (Å²) in [6.07, 6.45) is 0. The second-order valence-electron chi connectivity index (χ2n) is 3.99. The highest BCUT2D eigenvalue weighted by Crippen LogP contribution is 2.20. The summed E-state index contributed by atoms with van der Waals surface area (Å²) >= 11 is 0. The predicted molar refractivity (Wildman–Crippen MR) is 56.8 cm³/mol. The van der Waals surface area contributed by atoms with Gasteiger partial charge >= 0.3 is 0 Å².